The number of benzene rings is 2. The van der Waals surface area contributed by atoms with Crippen LogP contribution in [-0.2, 0) is 35.6 Å². The topological polar surface area (TPSA) is 34.5 Å². The first-order valence-electron chi connectivity index (χ1n) is 10.4. The minimum Gasteiger partial charge on any atom is -0.466 e. The predicted molar refractivity (Wildman–Crippen MR) is 126 cm³/mol. The van der Waals surface area contributed by atoms with E-state index in [1.165, 1.54) is 40.9 Å². The van der Waals surface area contributed by atoms with Crippen LogP contribution in [0.5, 0.6) is 0 Å². The van der Waals surface area contributed by atoms with Crippen molar-refractivity contribution in [1.82, 2.24) is 9.47 Å². The van der Waals surface area contributed by atoms with E-state index >= 15 is 0 Å². The van der Waals surface area contributed by atoms with Crippen LogP contribution in [0.2, 0.25) is 0 Å². The SMILES string of the molecule is COC(=O)/C=C/c1ccc2c(c1)c1c(n2CCCBr)CCN(Cc2ccccc2)C1. The molecule has 0 radical (unpaired) electrons. The van der Waals surface area contributed by atoms with Gasteiger partial charge < -0.3 is 9.30 Å². The van der Waals surface area contributed by atoms with E-state index in [1.54, 1.807) is 0 Å². The molecule has 0 saturated heterocycles. The average Bonchev–Trinajstić information content (AvgIpc) is 3.09. The van der Waals surface area contributed by atoms with Crippen LogP contribution in [0.15, 0.2) is 54.6 Å². The smallest absolute Gasteiger partial charge is 0.330 e. The third-order valence-corrected chi connectivity index (χ3v) is 6.30. The molecule has 156 valence electrons. The first kappa shape index (κ1) is 20.9. The zero-order valence-electron chi connectivity index (χ0n) is 17.3. The summed E-state index contributed by atoms with van der Waals surface area (Å²) < 4.78 is 7.23. The molecule has 5 heteroatoms. The third kappa shape index (κ3) is 4.52. The van der Waals surface area contributed by atoms with Gasteiger partial charge in [0.15, 0.2) is 0 Å². The van der Waals surface area contributed by atoms with Gasteiger partial charge in [0.1, 0.15) is 0 Å². The minimum absolute atomic E-state index is 0.332. The molecule has 0 N–H and O–H groups in total. The first-order chi connectivity index (χ1) is 14.7. The van der Waals surface area contributed by atoms with Gasteiger partial charge in [0.25, 0.3) is 0 Å². The molecule has 1 aliphatic heterocycles. The van der Waals surface area contributed by atoms with E-state index in [4.69, 9.17) is 4.74 Å². The van der Waals surface area contributed by atoms with Crippen molar-refractivity contribution in [3.63, 3.8) is 0 Å². The Labute approximate surface area is 186 Å². The first-order valence-corrected chi connectivity index (χ1v) is 11.5. The van der Waals surface area contributed by atoms with Crippen molar-refractivity contribution in [2.75, 3.05) is 19.0 Å². The number of carbonyl (C=O) groups excluding carboxylic acids is 1. The van der Waals surface area contributed by atoms with Crippen LogP contribution in [-0.4, -0.2) is 34.4 Å². The van der Waals surface area contributed by atoms with Gasteiger partial charge in [-0.15, -0.1) is 0 Å². The quantitative estimate of drug-likeness (QED) is 0.273. The lowest BCUT2D eigenvalue weighted by Gasteiger charge is -2.28. The van der Waals surface area contributed by atoms with Crippen molar-refractivity contribution in [3.05, 3.63) is 77.0 Å². The molecule has 0 amide bonds. The number of methoxy groups -OCH3 is 1. The number of hydrogen-bond acceptors (Lipinski definition) is 3. The molecule has 3 aromatic rings. The van der Waals surface area contributed by atoms with E-state index < -0.39 is 0 Å². The summed E-state index contributed by atoms with van der Waals surface area (Å²) in [6.45, 7) is 4.01. The summed E-state index contributed by atoms with van der Waals surface area (Å²) in [5.41, 5.74) is 6.55. The van der Waals surface area contributed by atoms with Crippen LogP contribution < -0.4 is 0 Å². The summed E-state index contributed by atoms with van der Waals surface area (Å²) in [6, 6.07) is 17.2. The normalized spacial score (nSPS) is 14.3. The lowest BCUT2D eigenvalue weighted by molar-refractivity contribution is -0.134. The van der Waals surface area contributed by atoms with Crippen molar-refractivity contribution in [3.8, 4) is 0 Å². The fourth-order valence-corrected chi connectivity index (χ4v) is 4.56. The lowest BCUT2D eigenvalue weighted by Crippen LogP contribution is -2.30. The molecular formula is C25H27BrN2O2. The summed E-state index contributed by atoms with van der Waals surface area (Å²) in [6.07, 6.45) is 5.48. The second-order valence-corrected chi connectivity index (χ2v) is 8.49. The van der Waals surface area contributed by atoms with Crippen molar-refractivity contribution < 1.29 is 9.53 Å². The number of halogens is 1. The number of fused-ring (bicyclic) bond motifs is 3. The molecule has 1 aliphatic rings. The van der Waals surface area contributed by atoms with Gasteiger partial charge in [0.05, 0.1) is 7.11 Å². The molecule has 0 saturated carbocycles. The molecule has 0 aliphatic carbocycles. The van der Waals surface area contributed by atoms with Gasteiger partial charge in [-0.2, -0.15) is 0 Å². The maximum Gasteiger partial charge on any atom is 0.330 e. The zero-order valence-corrected chi connectivity index (χ0v) is 18.9. The summed E-state index contributed by atoms with van der Waals surface area (Å²) in [4.78, 5) is 14.0. The molecule has 30 heavy (non-hydrogen) atoms. The second kappa shape index (κ2) is 9.63. The number of carbonyl (C=O) groups is 1. The summed E-state index contributed by atoms with van der Waals surface area (Å²) in [5.74, 6) is -0.332. The highest BCUT2D eigenvalue weighted by molar-refractivity contribution is 9.09. The highest BCUT2D eigenvalue weighted by atomic mass is 79.9. The molecule has 0 unspecified atom stereocenters. The Bertz CT molecular complexity index is 1060. The van der Waals surface area contributed by atoms with Gasteiger partial charge in [0, 0.05) is 60.6 Å². The molecular weight excluding hydrogens is 440 g/mol. The van der Waals surface area contributed by atoms with Crippen LogP contribution in [0.4, 0.5) is 0 Å². The Hall–Kier alpha value is -2.37. The van der Waals surface area contributed by atoms with Gasteiger partial charge in [0.2, 0.25) is 0 Å². The number of nitrogens with zero attached hydrogens (tertiary/aromatic N) is 2. The van der Waals surface area contributed by atoms with Gasteiger partial charge >= 0.3 is 5.97 Å². The van der Waals surface area contributed by atoms with Crippen molar-refractivity contribution in [2.45, 2.75) is 32.5 Å². The Balaban J connectivity index is 1.69. The number of aromatic nitrogens is 1. The molecule has 2 heterocycles. The van der Waals surface area contributed by atoms with Crippen LogP contribution in [0, 0.1) is 0 Å². The monoisotopic (exact) mass is 466 g/mol. The van der Waals surface area contributed by atoms with E-state index in [2.05, 4.69) is 73.9 Å². The van der Waals surface area contributed by atoms with Gasteiger partial charge in [-0.25, -0.2) is 4.79 Å². The predicted octanol–water partition coefficient (Wildman–Crippen LogP) is 5.17. The van der Waals surface area contributed by atoms with Crippen LogP contribution in [0.1, 0.15) is 28.8 Å². The number of ether oxygens (including phenoxy) is 1. The molecule has 1 aromatic heterocycles. The Kier molecular flexibility index (Phi) is 6.70. The molecule has 0 fully saturated rings. The van der Waals surface area contributed by atoms with Crippen molar-refractivity contribution in [1.29, 1.82) is 0 Å². The fraction of sp³-hybridized carbons (Fsp3) is 0.320. The molecule has 2 aromatic carbocycles. The highest BCUT2D eigenvalue weighted by Crippen LogP contribution is 2.33. The zero-order chi connectivity index (χ0) is 20.9. The Morgan fingerprint density at radius 2 is 2.03 bits per heavy atom. The van der Waals surface area contributed by atoms with Crippen LogP contribution >= 0.6 is 15.9 Å². The van der Waals surface area contributed by atoms with E-state index in [-0.39, 0.29) is 5.97 Å². The summed E-state index contributed by atoms with van der Waals surface area (Å²) in [5, 5.41) is 2.30. The van der Waals surface area contributed by atoms with Crippen molar-refractivity contribution in [2.24, 2.45) is 0 Å². The molecule has 0 atom stereocenters. The van der Waals surface area contributed by atoms with E-state index in [0.717, 1.165) is 49.9 Å². The molecule has 4 rings (SSSR count). The number of aryl methyl sites for hydroxylation is 1. The maximum absolute atomic E-state index is 11.5. The molecule has 0 spiro atoms. The Morgan fingerprint density at radius 1 is 1.20 bits per heavy atom. The van der Waals surface area contributed by atoms with Gasteiger partial charge in [-0.3, -0.25) is 4.90 Å². The average molecular weight is 467 g/mol. The van der Waals surface area contributed by atoms with E-state index in [0.29, 0.717) is 0 Å². The van der Waals surface area contributed by atoms with E-state index in [9.17, 15) is 4.79 Å². The summed E-state index contributed by atoms with van der Waals surface area (Å²) in [7, 11) is 1.40. The summed E-state index contributed by atoms with van der Waals surface area (Å²) >= 11 is 3.58. The van der Waals surface area contributed by atoms with Gasteiger partial charge in [-0.05, 0) is 41.3 Å². The number of alkyl halides is 1. The van der Waals surface area contributed by atoms with E-state index in [1.807, 2.05) is 6.08 Å². The van der Waals surface area contributed by atoms with Crippen LogP contribution in [0.25, 0.3) is 17.0 Å². The number of rotatable bonds is 7. The standard InChI is InChI=1S/C25H27BrN2O2/c1-30-25(29)11-9-19-8-10-23-21(16-19)22-18-27(17-20-6-3-2-4-7-20)15-12-24(22)28(23)14-5-13-26/h2-4,6-11,16H,5,12-15,17-18H2,1H3/b11-9+. The van der Waals surface area contributed by atoms with Crippen LogP contribution in [0.3, 0.4) is 0 Å². The second-order valence-electron chi connectivity index (χ2n) is 7.70. The van der Waals surface area contributed by atoms with Gasteiger partial charge in [-0.1, -0.05) is 52.3 Å². The highest BCUT2D eigenvalue weighted by Gasteiger charge is 2.24. The lowest BCUT2D eigenvalue weighted by atomic mass is 10.0. The maximum atomic E-state index is 11.5. The molecule has 4 nitrogen and oxygen atoms in total. The number of hydrogen-bond donors (Lipinski definition) is 0. The largest absolute Gasteiger partial charge is 0.466 e. The van der Waals surface area contributed by atoms with Crippen molar-refractivity contribution >= 4 is 38.9 Å². The molecule has 0 bridgehead atoms. The fourth-order valence-electron chi connectivity index (χ4n) is 4.31. The Morgan fingerprint density at radius 3 is 2.80 bits per heavy atom. The minimum atomic E-state index is -0.332. The number of esters is 1. The third-order valence-electron chi connectivity index (χ3n) is 5.73.